The van der Waals surface area contributed by atoms with Crippen molar-refractivity contribution in [2.24, 2.45) is 11.8 Å². The zero-order chi connectivity index (χ0) is 15.7. The van der Waals surface area contributed by atoms with Crippen LogP contribution < -0.4 is 10.6 Å². The Morgan fingerprint density at radius 3 is 2.52 bits per heavy atom. The maximum atomic E-state index is 13.8. The molecule has 1 saturated carbocycles. The lowest BCUT2D eigenvalue weighted by molar-refractivity contribution is -0.131. The van der Waals surface area contributed by atoms with Crippen LogP contribution >= 0.6 is 11.6 Å². The molecule has 0 saturated heterocycles. The first-order chi connectivity index (χ1) is 9.81. The van der Waals surface area contributed by atoms with Crippen LogP contribution in [-0.2, 0) is 14.4 Å². The molecular formula is C14H16ClFN2O3. The van der Waals surface area contributed by atoms with Crippen LogP contribution in [0.2, 0.25) is 0 Å². The minimum Gasteiger partial charge on any atom is -0.347 e. The summed E-state index contributed by atoms with van der Waals surface area (Å²) in [5, 5.41) is 5.08. The highest BCUT2D eigenvalue weighted by molar-refractivity contribution is 6.30. The smallest absolute Gasteiger partial charge is 0.221 e. The van der Waals surface area contributed by atoms with Crippen LogP contribution in [0.3, 0.4) is 0 Å². The number of Topliss-reactive ketones (excluding diaryl/α,β-unsaturated/α-hetero) is 1. The first-order valence-corrected chi connectivity index (χ1v) is 7.04. The molecule has 2 aliphatic carbocycles. The normalized spacial score (nSPS) is 28.7. The molecule has 0 aromatic rings. The average molecular weight is 315 g/mol. The second-order valence-electron chi connectivity index (χ2n) is 5.29. The van der Waals surface area contributed by atoms with E-state index in [4.69, 9.17) is 11.6 Å². The van der Waals surface area contributed by atoms with Gasteiger partial charge < -0.3 is 10.6 Å². The maximum absolute atomic E-state index is 13.8. The molecule has 2 rings (SSSR count). The fraction of sp³-hybridized carbons (Fsp3) is 0.500. The topological polar surface area (TPSA) is 75.3 Å². The zero-order valence-electron chi connectivity index (χ0n) is 11.7. The van der Waals surface area contributed by atoms with E-state index in [2.05, 4.69) is 10.6 Å². The summed E-state index contributed by atoms with van der Waals surface area (Å²) in [5.74, 6) is -2.80. The largest absolute Gasteiger partial charge is 0.347 e. The predicted molar refractivity (Wildman–Crippen MR) is 74.7 cm³/mol. The van der Waals surface area contributed by atoms with Gasteiger partial charge in [0.2, 0.25) is 11.8 Å². The minimum absolute atomic E-state index is 0.00345. The van der Waals surface area contributed by atoms with Gasteiger partial charge in [-0.25, -0.2) is 4.39 Å². The van der Waals surface area contributed by atoms with Gasteiger partial charge in [-0.15, -0.1) is 0 Å². The number of amides is 2. The van der Waals surface area contributed by atoms with Crippen molar-refractivity contribution >= 4 is 29.2 Å². The lowest BCUT2D eigenvalue weighted by Gasteiger charge is -2.38. The molecule has 0 aromatic carbocycles. The molecule has 5 nitrogen and oxygen atoms in total. The van der Waals surface area contributed by atoms with Gasteiger partial charge in [0.15, 0.2) is 5.78 Å². The Hall–Kier alpha value is -1.69. The van der Waals surface area contributed by atoms with Crippen LogP contribution in [0.1, 0.15) is 26.7 Å². The van der Waals surface area contributed by atoms with E-state index in [1.165, 1.54) is 13.8 Å². The summed E-state index contributed by atoms with van der Waals surface area (Å²) in [7, 11) is 0. The van der Waals surface area contributed by atoms with Crippen molar-refractivity contribution in [1.29, 1.82) is 0 Å². The molecule has 3 unspecified atom stereocenters. The van der Waals surface area contributed by atoms with Gasteiger partial charge in [-0.1, -0.05) is 11.6 Å². The van der Waals surface area contributed by atoms with Gasteiger partial charge >= 0.3 is 0 Å². The van der Waals surface area contributed by atoms with Crippen molar-refractivity contribution in [3.05, 3.63) is 22.6 Å². The van der Waals surface area contributed by atoms with Crippen molar-refractivity contribution < 1.29 is 18.8 Å². The van der Waals surface area contributed by atoms with Crippen LogP contribution in [0, 0.1) is 11.8 Å². The molecular weight excluding hydrogens is 299 g/mol. The summed E-state index contributed by atoms with van der Waals surface area (Å²) >= 11 is 5.97. The van der Waals surface area contributed by atoms with Crippen LogP contribution in [-0.4, -0.2) is 23.6 Å². The van der Waals surface area contributed by atoms with Crippen molar-refractivity contribution in [2.45, 2.75) is 32.7 Å². The van der Waals surface area contributed by atoms with E-state index >= 15 is 0 Å². The van der Waals surface area contributed by atoms with Crippen LogP contribution in [0.25, 0.3) is 0 Å². The SMILES string of the molecule is CC(=O)NC1=CC(F)=C(Cl)C2CCC(NC(C)=O)C(=O)C12. The number of nitrogens with one attached hydrogen (secondary N) is 2. The molecule has 114 valence electrons. The highest BCUT2D eigenvalue weighted by Crippen LogP contribution is 2.43. The minimum atomic E-state index is -0.730. The van der Waals surface area contributed by atoms with Crippen LogP contribution in [0.4, 0.5) is 4.39 Å². The third-order valence-corrected chi connectivity index (χ3v) is 4.15. The maximum Gasteiger partial charge on any atom is 0.221 e. The molecule has 0 spiro atoms. The fourth-order valence-electron chi connectivity index (χ4n) is 2.89. The fourth-order valence-corrected chi connectivity index (χ4v) is 3.18. The van der Waals surface area contributed by atoms with E-state index in [-0.39, 0.29) is 28.3 Å². The van der Waals surface area contributed by atoms with Crippen molar-refractivity contribution in [2.75, 3.05) is 0 Å². The van der Waals surface area contributed by atoms with Gasteiger partial charge in [0, 0.05) is 25.5 Å². The van der Waals surface area contributed by atoms with Crippen molar-refractivity contribution in [3.8, 4) is 0 Å². The summed E-state index contributed by atoms with van der Waals surface area (Å²) in [6.45, 7) is 2.61. The zero-order valence-corrected chi connectivity index (χ0v) is 12.5. The number of carbonyl (C=O) groups excluding carboxylic acids is 3. The van der Waals surface area contributed by atoms with E-state index < -0.39 is 23.7 Å². The summed E-state index contributed by atoms with van der Waals surface area (Å²) in [6, 6.07) is -0.633. The summed E-state index contributed by atoms with van der Waals surface area (Å²) < 4.78 is 13.8. The number of fused-ring (bicyclic) bond motifs is 1. The van der Waals surface area contributed by atoms with Gasteiger partial charge in [0.1, 0.15) is 5.83 Å². The molecule has 21 heavy (non-hydrogen) atoms. The van der Waals surface area contributed by atoms with Crippen LogP contribution in [0.15, 0.2) is 22.6 Å². The van der Waals surface area contributed by atoms with Gasteiger partial charge in [-0.05, 0) is 18.9 Å². The second-order valence-corrected chi connectivity index (χ2v) is 5.70. The molecule has 2 amide bonds. The quantitative estimate of drug-likeness (QED) is 0.812. The first kappa shape index (κ1) is 15.7. The standard InChI is InChI=1S/C14H16ClFN2O3/c1-6(19)17-10-4-3-8-12(14(10)21)11(18-7(2)20)5-9(16)13(8)15/h5,8,10,12H,3-4H2,1-2H3,(H,17,19)(H,18,20). The van der Waals surface area contributed by atoms with E-state index in [0.29, 0.717) is 12.8 Å². The highest BCUT2D eigenvalue weighted by atomic mass is 35.5. The van der Waals surface area contributed by atoms with Crippen molar-refractivity contribution in [1.82, 2.24) is 10.6 Å². The third-order valence-electron chi connectivity index (χ3n) is 3.69. The number of rotatable bonds is 2. The number of carbonyl (C=O) groups is 3. The summed E-state index contributed by atoms with van der Waals surface area (Å²) in [6.07, 6.45) is 1.94. The molecule has 1 fully saturated rings. The molecule has 7 heteroatoms. The molecule has 0 aliphatic heterocycles. The van der Waals surface area contributed by atoms with Crippen molar-refractivity contribution in [3.63, 3.8) is 0 Å². The number of ketones is 1. The number of allylic oxidation sites excluding steroid dienone is 4. The van der Waals surface area contributed by atoms with Gasteiger partial charge in [-0.2, -0.15) is 0 Å². The lowest BCUT2D eigenvalue weighted by atomic mass is 9.72. The Morgan fingerprint density at radius 1 is 1.29 bits per heavy atom. The van der Waals surface area contributed by atoms with Gasteiger partial charge in [-0.3, -0.25) is 14.4 Å². The number of halogens is 2. The highest BCUT2D eigenvalue weighted by Gasteiger charge is 2.44. The molecule has 2 N–H and O–H groups in total. The number of hydrogen-bond acceptors (Lipinski definition) is 3. The Bertz CT molecular complexity index is 571. The average Bonchev–Trinajstić information content (AvgIpc) is 2.37. The molecule has 0 radical (unpaired) electrons. The molecule has 0 bridgehead atoms. The summed E-state index contributed by atoms with van der Waals surface area (Å²) in [5.41, 5.74) is 0.203. The van der Waals surface area contributed by atoms with Gasteiger partial charge in [0.25, 0.3) is 0 Å². The van der Waals surface area contributed by atoms with E-state index in [0.717, 1.165) is 6.08 Å². The third kappa shape index (κ3) is 3.15. The summed E-state index contributed by atoms with van der Waals surface area (Å²) in [4.78, 5) is 34.9. The Balaban J connectivity index is 2.33. The van der Waals surface area contributed by atoms with E-state index in [9.17, 15) is 18.8 Å². The molecule has 0 heterocycles. The van der Waals surface area contributed by atoms with Gasteiger partial charge in [0.05, 0.1) is 17.0 Å². The molecule has 2 aliphatic rings. The monoisotopic (exact) mass is 314 g/mol. The lowest BCUT2D eigenvalue weighted by Crippen LogP contribution is -2.51. The Labute approximate surface area is 126 Å². The first-order valence-electron chi connectivity index (χ1n) is 6.66. The second kappa shape index (κ2) is 5.97. The van der Waals surface area contributed by atoms with Crippen LogP contribution in [0.5, 0.6) is 0 Å². The molecule has 3 atom stereocenters. The van der Waals surface area contributed by atoms with E-state index in [1.807, 2.05) is 0 Å². The Kier molecular flexibility index (Phi) is 4.46. The Morgan fingerprint density at radius 2 is 1.95 bits per heavy atom. The molecule has 0 aromatic heterocycles. The van der Waals surface area contributed by atoms with E-state index in [1.54, 1.807) is 0 Å². The predicted octanol–water partition coefficient (Wildman–Crippen LogP) is 1.54. The number of hydrogen-bond donors (Lipinski definition) is 2.